The lowest BCUT2D eigenvalue weighted by Crippen LogP contribution is -2.21. The van der Waals surface area contributed by atoms with Crippen molar-refractivity contribution in [3.8, 4) is 0 Å². The molecule has 1 aliphatic heterocycles. The molecule has 1 rings (SSSR count). The highest BCUT2D eigenvalue weighted by molar-refractivity contribution is 5.70. The van der Waals surface area contributed by atoms with E-state index in [2.05, 4.69) is 0 Å². The second-order valence-corrected chi connectivity index (χ2v) is 2.28. The van der Waals surface area contributed by atoms with E-state index in [1.807, 2.05) is 0 Å². The van der Waals surface area contributed by atoms with Crippen LogP contribution < -0.4 is 5.73 Å². The number of rotatable bonds is 3. The Bertz CT molecular complexity index is 127. The highest BCUT2D eigenvalue weighted by Gasteiger charge is 2.19. The van der Waals surface area contributed by atoms with Crippen LogP contribution in [-0.4, -0.2) is 30.7 Å². The zero-order valence-electron chi connectivity index (χ0n) is 5.88. The number of nitrogens with two attached hydrogens (primary N) is 1. The fourth-order valence-electron chi connectivity index (χ4n) is 0.876. The van der Waals surface area contributed by atoms with Crippen molar-refractivity contribution in [3.05, 3.63) is 0 Å². The molecule has 0 atom stereocenters. The fraction of sp³-hybridized carbons (Fsp3) is 0.833. The Morgan fingerprint density at radius 2 is 2.50 bits per heavy atom. The number of carbonyl (C=O) groups is 1. The molecule has 0 aromatic heterocycles. The fourth-order valence-corrected chi connectivity index (χ4v) is 0.876. The maximum absolute atomic E-state index is 10.5. The van der Waals surface area contributed by atoms with Crippen LogP contribution in [0.25, 0.3) is 0 Å². The highest BCUT2D eigenvalue weighted by Crippen LogP contribution is 2.05. The molecule has 1 heterocycles. The number of hydrogen-bond acceptors (Lipinski definition) is 4. The minimum Gasteiger partial charge on any atom is -0.368 e. The van der Waals surface area contributed by atoms with Crippen LogP contribution in [0.1, 0.15) is 12.8 Å². The minimum atomic E-state index is -0.128. The average Bonchev–Trinajstić information content (AvgIpc) is 2.31. The number of hydrogen-bond donors (Lipinski definition) is 1. The van der Waals surface area contributed by atoms with Crippen molar-refractivity contribution in [2.45, 2.75) is 12.8 Å². The van der Waals surface area contributed by atoms with Crippen LogP contribution in [0.3, 0.4) is 0 Å². The Balaban J connectivity index is 2.12. The van der Waals surface area contributed by atoms with Crippen molar-refractivity contribution in [1.82, 2.24) is 5.06 Å². The van der Waals surface area contributed by atoms with Crippen LogP contribution in [0.2, 0.25) is 0 Å². The zero-order chi connectivity index (χ0) is 7.40. The molecular formula is C6H12N2O2. The average molecular weight is 144 g/mol. The molecule has 2 N–H and O–H groups in total. The molecule has 4 nitrogen and oxygen atoms in total. The molecule has 0 aromatic carbocycles. The highest BCUT2D eigenvalue weighted by atomic mass is 16.7. The molecule has 0 aromatic rings. The molecule has 58 valence electrons. The summed E-state index contributed by atoms with van der Waals surface area (Å²) in [7, 11) is 0. The van der Waals surface area contributed by atoms with Crippen LogP contribution in [-0.2, 0) is 9.63 Å². The molecule has 0 saturated carbocycles. The summed E-state index contributed by atoms with van der Waals surface area (Å²) in [6.45, 7) is 2.13. The Kier molecular flexibility index (Phi) is 2.65. The summed E-state index contributed by atoms with van der Waals surface area (Å²) in [5.74, 6) is -0.128. The molecule has 10 heavy (non-hydrogen) atoms. The van der Waals surface area contributed by atoms with Gasteiger partial charge < -0.3 is 10.6 Å². The third-order valence-electron chi connectivity index (χ3n) is 1.41. The molecule has 1 aliphatic rings. The van der Waals surface area contributed by atoms with Gasteiger partial charge in [-0.25, -0.2) is 0 Å². The number of hydroxylamine groups is 2. The molecule has 1 fully saturated rings. The van der Waals surface area contributed by atoms with Gasteiger partial charge in [0.05, 0.1) is 6.42 Å². The first kappa shape index (κ1) is 7.50. The van der Waals surface area contributed by atoms with Gasteiger partial charge in [-0.3, -0.25) is 4.79 Å². The first-order valence-electron chi connectivity index (χ1n) is 3.49. The molecular weight excluding hydrogens is 132 g/mol. The predicted octanol–water partition coefficient (Wildman–Crippen LogP) is -0.501. The van der Waals surface area contributed by atoms with E-state index in [4.69, 9.17) is 10.6 Å². The standard InChI is InChI=1S/C6H12N2O2/c7-3-1-4-8-5-2-6(9)10-8/h1-5,7H2. The third kappa shape index (κ3) is 1.97. The van der Waals surface area contributed by atoms with Crippen molar-refractivity contribution in [1.29, 1.82) is 0 Å². The lowest BCUT2D eigenvalue weighted by molar-refractivity contribution is -0.169. The molecule has 0 bridgehead atoms. The second kappa shape index (κ2) is 3.53. The summed E-state index contributed by atoms with van der Waals surface area (Å²) in [5, 5.41) is 1.66. The molecule has 0 radical (unpaired) electrons. The first-order chi connectivity index (χ1) is 4.83. The smallest absolute Gasteiger partial charge is 0.326 e. The Morgan fingerprint density at radius 3 is 3.00 bits per heavy atom. The second-order valence-electron chi connectivity index (χ2n) is 2.28. The molecule has 0 amide bonds. The molecule has 4 heteroatoms. The summed E-state index contributed by atoms with van der Waals surface area (Å²) in [6, 6.07) is 0. The lowest BCUT2D eigenvalue weighted by Gasteiger charge is -2.10. The van der Waals surface area contributed by atoms with E-state index in [0.29, 0.717) is 13.0 Å². The number of nitrogens with zero attached hydrogens (tertiary/aromatic N) is 1. The van der Waals surface area contributed by atoms with E-state index in [9.17, 15) is 4.79 Å². The van der Waals surface area contributed by atoms with Gasteiger partial charge >= 0.3 is 5.97 Å². The lowest BCUT2D eigenvalue weighted by atomic mass is 10.4. The maximum Gasteiger partial charge on any atom is 0.326 e. The maximum atomic E-state index is 10.5. The zero-order valence-corrected chi connectivity index (χ0v) is 5.88. The van der Waals surface area contributed by atoms with Crippen molar-refractivity contribution in [3.63, 3.8) is 0 Å². The van der Waals surface area contributed by atoms with Gasteiger partial charge in [-0.05, 0) is 13.0 Å². The van der Waals surface area contributed by atoms with Crippen molar-refractivity contribution < 1.29 is 9.63 Å². The number of carbonyl (C=O) groups excluding carboxylic acids is 1. The van der Waals surface area contributed by atoms with Crippen LogP contribution in [0.15, 0.2) is 0 Å². The summed E-state index contributed by atoms with van der Waals surface area (Å²) >= 11 is 0. The van der Waals surface area contributed by atoms with Crippen molar-refractivity contribution in [2.24, 2.45) is 5.73 Å². The van der Waals surface area contributed by atoms with Crippen molar-refractivity contribution in [2.75, 3.05) is 19.6 Å². The predicted molar refractivity (Wildman–Crippen MR) is 36.0 cm³/mol. The molecule has 0 aliphatic carbocycles. The van der Waals surface area contributed by atoms with Gasteiger partial charge in [0.25, 0.3) is 0 Å². The van der Waals surface area contributed by atoms with Gasteiger partial charge in [0.1, 0.15) is 0 Å². The van der Waals surface area contributed by atoms with E-state index in [-0.39, 0.29) is 5.97 Å². The molecule has 0 spiro atoms. The quantitative estimate of drug-likeness (QED) is 0.580. The topological polar surface area (TPSA) is 55.6 Å². The van der Waals surface area contributed by atoms with Crippen LogP contribution in [0, 0.1) is 0 Å². The first-order valence-corrected chi connectivity index (χ1v) is 3.49. The summed E-state index contributed by atoms with van der Waals surface area (Å²) in [5.41, 5.74) is 5.27. The summed E-state index contributed by atoms with van der Waals surface area (Å²) in [6.07, 6.45) is 1.40. The van der Waals surface area contributed by atoms with Gasteiger partial charge in [-0.2, -0.15) is 0 Å². The van der Waals surface area contributed by atoms with Gasteiger partial charge in [-0.1, -0.05) is 0 Å². The van der Waals surface area contributed by atoms with Gasteiger partial charge in [-0.15, -0.1) is 5.06 Å². The van der Waals surface area contributed by atoms with E-state index in [1.165, 1.54) is 0 Å². The Labute approximate surface area is 59.9 Å². The van der Waals surface area contributed by atoms with Crippen molar-refractivity contribution >= 4 is 5.97 Å². The summed E-state index contributed by atoms with van der Waals surface area (Å²) < 4.78 is 0. The van der Waals surface area contributed by atoms with Gasteiger partial charge in [0.2, 0.25) is 0 Å². The van der Waals surface area contributed by atoms with Gasteiger partial charge in [0.15, 0.2) is 0 Å². The monoisotopic (exact) mass is 144 g/mol. The minimum absolute atomic E-state index is 0.128. The SMILES string of the molecule is NCCCN1CCC(=O)O1. The van der Waals surface area contributed by atoms with Crippen LogP contribution in [0.5, 0.6) is 0 Å². The third-order valence-corrected chi connectivity index (χ3v) is 1.41. The van der Waals surface area contributed by atoms with E-state index < -0.39 is 0 Å². The van der Waals surface area contributed by atoms with Gasteiger partial charge in [0, 0.05) is 13.1 Å². The molecule has 0 unspecified atom stereocenters. The molecule has 1 saturated heterocycles. The van der Waals surface area contributed by atoms with Crippen LogP contribution >= 0.6 is 0 Å². The Morgan fingerprint density at radius 1 is 1.70 bits per heavy atom. The van der Waals surface area contributed by atoms with E-state index >= 15 is 0 Å². The normalized spacial score (nSPS) is 19.5. The van der Waals surface area contributed by atoms with Crippen LogP contribution in [0.4, 0.5) is 0 Å². The largest absolute Gasteiger partial charge is 0.368 e. The van der Waals surface area contributed by atoms with E-state index in [0.717, 1.165) is 19.5 Å². The van der Waals surface area contributed by atoms with E-state index in [1.54, 1.807) is 5.06 Å². The summed E-state index contributed by atoms with van der Waals surface area (Å²) in [4.78, 5) is 15.3. The Hall–Kier alpha value is -0.610.